The number of nitrogens with one attached hydrogen (secondary N) is 2. The highest BCUT2D eigenvalue weighted by molar-refractivity contribution is 7.90. The van der Waals surface area contributed by atoms with E-state index in [1.54, 1.807) is 24.7 Å². The van der Waals surface area contributed by atoms with E-state index >= 15 is 0 Å². The van der Waals surface area contributed by atoms with E-state index in [-0.39, 0.29) is 12.2 Å². The van der Waals surface area contributed by atoms with Gasteiger partial charge in [-0.05, 0) is 65.6 Å². The number of hydrogen-bond acceptors (Lipinski definition) is 7. The fraction of sp³-hybridized carbons (Fsp3) is 0.111. The number of nitrogen functional groups attached to an aromatic ring is 1. The molecular weight excluding hydrogens is 505 g/mol. The minimum absolute atomic E-state index is 0.0528. The summed E-state index contributed by atoms with van der Waals surface area (Å²) in [7, 11) is -3.17. The first-order valence-electron chi connectivity index (χ1n) is 11.8. The second-order valence-electron chi connectivity index (χ2n) is 9.20. The highest BCUT2D eigenvalue weighted by Crippen LogP contribution is 2.34. The fourth-order valence-corrected chi connectivity index (χ4v) is 5.11. The number of benzene rings is 1. The van der Waals surface area contributed by atoms with E-state index in [9.17, 15) is 12.8 Å². The van der Waals surface area contributed by atoms with Crippen LogP contribution in [-0.4, -0.2) is 50.6 Å². The number of anilines is 1. The van der Waals surface area contributed by atoms with Crippen LogP contribution in [0.15, 0.2) is 67.1 Å². The van der Waals surface area contributed by atoms with Crippen LogP contribution < -0.4 is 5.73 Å². The number of aromatic nitrogens is 6. The van der Waals surface area contributed by atoms with E-state index in [1.165, 1.54) is 18.4 Å². The predicted octanol–water partition coefficient (Wildman–Crippen LogP) is 4.54. The Bertz CT molecular complexity index is 1950. The maximum atomic E-state index is 14.5. The molecule has 5 heterocycles. The van der Waals surface area contributed by atoms with Gasteiger partial charge in [-0.2, -0.15) is 5.10 Å². The predicted molar refractivity (Wildman–Crippen MR) is 145 cm³/mol. The molecule has 0 unspecified atom stereocenters. The maximum absolute atomic E-state index is 14.5. The molecule has 0 saturated heterocycles. The van der Waals surface area contributed by atoms with Gasteiger partial charge in [0.15, 0.2) is 0 Å². The van der Waals surface area contributed by atoms with Gasteiger partial charge in [-0.15, -0.1) is 0 Å². The van der Waals surface area contributed by atoms with Crippen LogP contribution in [0.2, 0.25) is 0 Å². The van der Waals surface area contributed by atoms with E-state index in [0.29, 0.717) is 45.1 Å². The molecule has 9 nitrogen and oxygen atoms in total. The topological polar surface area (TPSA) is 143 Å². The van der Waals surface area contributed by atoms with Crippen LogP contribution in [0, 0.1) is 5.82 Å². The van der Waals surface area contributed by atoms with Crippen LogP contribution in [0.5, 0.6) is 0 Å². The zero-order valence-corrected chi connectivity index (χ0v) is 21.1. The summed E-state index contributed by atoms with van der Waals surface area (Å²) in [4.78, 5) is 16.7. The molecule has 0 aliphatic rings. The van der Waals surface area contributed by atoms with Crippen molar-refractivity contribution in [3.8, 4) is 33.8 Å². The molecular formula is C27H22FN7O2S. The van der Waals surface area contributed by atoms with Gasteiger partial charge in [0.2, 0.25) is 0 Å². The number of aromatic amines is 2. The highest BCUT2D eigenvalue weighted by Gasteiger charge is 2.17. The monoisotopic (exact) mass is 527 g/mol. The quantitative estimate of drug-likeness (QED) is 0.288. The highest BCUT2D eigenvalue weighted by atomic mass is 32.2. The number of aryl methyl sites for hydroxylation is 1. The number of H-pyrrole nitrogens is 2. The Labute approximate surface area is 216 Å². The van der Waals surface area contributed by atoms with E-state index in [4.69, 9.17) is 10.7 Å². The lowest BCUT2D eigenvalue weighted by Crippen LogP contribution is -2.06. The first-order chi connectivity index (χ1) is 18.2. The molecule has 38 heavy (non-hydrogen) atoms. The molecule has 6 rings (SSSR count). The van der Waals surface area contributed by atoms with Gasteiger partial charge in [0.05, 0.1) is 28.3 Å². The summed E-state index contributed by atoms with van der Waals surface area (Å²) in [5.74, 6) is -0.485. The lowest BCUT2D eigenvalue weighted by Gasteiger charge is -2.07. The van der Waals surface area contributed by atoms with Gasteiger partial charge in [0.25, 0.3) is 0 Å². The Kier molecular flexibility index (Phi) is 5.64. The van der Waals surface area contributed by atoms with Crippen LogP contribution in [0.4, 0.5) is 10.1 Å². The van der Waals surface area contributed by atoms with Gasteiger partial charge in [-0.3, -0.25) is 10.1 Å². The van der Waals surface area contributed by atoms with Crippen molar-refractivity contribution in [3.05, 3.63) is 78.5 Å². The molecule has 0 amide bonds. The second-order valence-corrected chi connectivity index (χ2v) is 11.5. The molecule has 0 spiro atoms. The van der Waals surface area contributed by atoms with Crippen molar-refractivity contribution < 1.29 is 12.8 Å². The van der Waals surface area contributed by atoms with Gasteiger partial charge in [-0.25, -0.2) is 22.8 Å². The summed E-state index contributed by atoms with van der Waals surface area (Å²) < 4.78 is 37.8. The first kappa shape index (κ1) is 23.7. The molecule has 6 aromatic rings. The third-order valence-corrected chi connectivity index (χ3v) is 7.23. The Morgan fingerprint density at radius 3 is 2.71 bits per heavy atom. The number of nitrogens with two attached hydrogens (primary N) is 1. The van der Waals surface area contributed by atoms with Gasteiger partial charge in [0, 0.05) is 35.8 Å². The van der Waals surface area contributed by atoms with Crippen LogP contribution in [0.1, 0.15) is 5.56 Å². The minimum Gasteiger partial charge on any atom is -0.397 e. The van der Waals surface area contributed by atoms with Gasteiger partial charge in [0.1, 0.15) is 32.5 Å². The summed E-state index contributed by atoms with van der Waals surface area (Å²) in [6, 6.07) is 13.9. The first-order valence-corrected chi connectivity index (χ1v) is 13.8. The maximum Gasteiger partial charge on any atom is 0.147 e. The molecule has 0 atom stereocenters. The number of nitrogens with zero attached hydrogens (tertiary/aromatic N) is 4. The third kappa shape index (κ3) is 4.59. The smallest absolute Gasteiger partial charge is 0.147 e. The minimum atomic E-state index is -3.17. The molecule has 11 heteroatoms. The number of sulfone groups is 1. The van der Waals surface area contributed by atoms with E-state index in [2.05, 4.69) is 25.1 Å². The average Bonchev–Trinajstić information content (AvgIpc) is 3.50. The summed E-state index contributed by atoms with van der Waals surface area (Å²) in [5.41, 5.74) is 13.3. The molecule has 5 aromatic heterocycles. The van der Waals surface area contributed by atoms with Crippen molar-refractivity contribution in [1.82, 2.24) is 30.1 Å². The molecule has 0 aliphatic heterocycles. The second kappa shape index (κ2) is 9.03. The molecule has 1 aromatic carbocycles. The molecule has 0 bridgehead atoms. The summed E-state index contributed by atoms with van der Waals surface area (Å²) >= 11 is 0. The Morgan fingerprint density at radius 1 is 1.03 bits per heavy atom. The fourth-order valence-electron chi connectivity index (χ4n) is 4.51. The van der Waals surface area contributed by atoms with Crippen LogP contribution >= 0.6 is 0 Å². The van der Waals surface area contributed by atoms with Crippen molar-refractivity contribution in [2.75, 3.05) is 17.7 Å². The van der Waals surface area contributed by atoms with Gasteiger partial charge < -0.3 is 10.7 Å². The number of hydrogen-bond donors (Lipinski definition) is 3. The molecule has 4 N–H and O–H groups in total. The number of halogens is 1. The Morgan fingerprint density at radius 2 is 1.89 bits per heavy atom. The van der Waals surface area contributed by atoms with E-state index < -0.39 is 15.7 Å². The third-order valence-electron chi connectivity index (χ3n) is 6.28. The average molecular weight is 528 g/mol. The van der Waals surface area contributed by atoms with Crippen molar-refractivity contribution in [3.63, 3.8) is 0 Å². The van der Waals surface area contributed by atoms with Crippen molar-refractivity contribution in [2.45, 2.75) is 6.42 Å². The summed E-state index contributed by atoms with van der Waals surface area (Å²) in [5, 5.41) is 8.28. The largest absolute Gasteiger partial charge is 0.397 e. The lowest BCUT2D eigenvalue weighted by atomic mass is 10.00. The van der Waals surface area contributed by atoms with Crippen molar-refractivity contribution in [1.29, 1.82) is 0 Å². The SMILES string of the molecule is CS(=O)(=O)CCc1cc(F)cc(-c2ccnc3[nH]c(-c4n[nH]c5ccc(-c6cncc(N)c6)nc45)cc23)c1. The standard InChI is InChI=1S/C27H22FN7O2S/c1-38(36,37)7-5-15-8-16(10-18(28)9-15)20-4-6-31-27-21(20)12-24(33-27)26-25-23(34-35-26)3-2-22(32-25)17-11-19(29)14-30-13-17/h2-4,6,8-14H,5,7,29H2,1H3,(H,31,33)(H,34,35). The summed E-state index contributed by atoms with van der Waals surface area (Å²) in [6.45, 7) is 0. The van der Waals surface area contributed by atoms with Crippen LogP contribution in [-0.2, 0) is 16.3 Å². The van der Waals surface area contributed by atoms with E-state index in [1.807, 2.05) is 30.3 Å². The molecule has 0 saturated carbocycles. The number of pyridine rings is 3. The lowest BCUT2D eigenvalue weighted by molar-refractivity contribution is 0.600. The molecule has 190 valence electrons. The van der Waals surface area contributed by atoms with Crippen molar-refractivity contribution >= 4 is 37.6 Å². The zero-order valence-electron chi connectivity index (χ0n) is 20.2. The summed E-state index contributed by atoms with van der Waals surface area (Å²) in [6.07, 6.45) is 6.32. The van der Waals surface area contributed by atoms with E-state index in [0.717, 1.165) is 22.0 Å². The van der Waals surface area contributed by atoms with Crippen LogP contribution in [0.25, 0.3) is 55.8 Å². The number of fused-ring (bicyclic) bond motifs is 2. The van der Waals surface area contributed by atoms with Crippen LogP contribution in [0.3, 0.4) is 0 Å². The van der Waals surface area contributed by atoms with Gasteiger partial charge >= 0.3 is 0 Å². The Balaban J connectivity index is 1.43. The molecule has 0 fully saturated rings. The molecule has 0 aliphatic carbocycles. The number of rotatable bonds is 6. The molecule has 0 radical (unpaired) electrons. The van der Waals surface area contributed by atoms with Crippen molar-refractivity contribution in [2.24, 2.45) is 0 Å². The Hall–Kier alpha value is -4.64. The van der Waals surface area contributed by atoms with Gasteiger partial charge in [-0.1, -0.05) is 6.07 Å². The normalized spacial score (nSPS) is 11.9. The zero-order chi connectivity index (χ0) is 26.4.